The number of alkyl carbamates (subject to hydrolysis) is 1. The molecule has 1 amide bonds. The maximum atomic E-state index is 12.8. The zero-order chi connectivity index (χ0) is 28.2. The highest BCUT2D eigenvalue weighted by Gasteiger charge is 2.29. The van der Waals surface area contributed by atoms with E-state index in [-0.39, 0.29) is 30.4 Å². The Hall–Kier alpha value is -3.69. The van der Waals surface area contributed by atoms with E-state index in [4.69, 9.17) is 4.74 Å². The van der Waals surface area contributed by atoms with Crippen LogP contribution in [0.1, 0.15) is 53.0 Å². The van der Waals surface area contributed by atoms with Gasteiger partial charge < -0.3 is 15.2 Å². The summed E-state index contributed by atoms with van der Waals surface area (Å²) in [6.07, 6.45) is 0.161. The lowest BCUT2D eigenvalue weighted by Crippen LogP contribution is -2.41. The van der Waals surface area contributed by atoms with Crippen LogP contribution in [0.25, 0.3) is 11.1 Å². The minimum absolute atomic E-state index is 0.0891. The Morgan fingerprint density at radius 3 is 2.05 bits per heavy atom. The summed E-state index contributed by atoms with van der Waals surface area (Å²) in [6.45, 7) is 5.69. The van der Waals surface area contributed by atoms with Gasteiger partial charge in [-0.05, 0) is 73.4 Å². The van der Waals surface area contributed by atoms with Crippen LogP contribution in [0, 0.1) is 20.8 Å². The molecule has 1 aliphatic rings. The number of aryl methyl sites for hydroxylation is 3. The summed E-state index contributed by atoms with van der Waals surface area (Å²) in [4.78, 5) is 24.5. The van der Waals surface area contributed by atoms with Crippen LogP contribution in [-0.2, 0) is 19.6 Å². The Balaban J connectivity index is 1.26. The van der Waals surface area contributed by atoms with Crippen molar-refractivity contribution in [2.24, 2.45) is 0 Å². The lowest BCUT2D eigenvalue weighted by molar-refractivity contribution is -0.139. The number of hydrogen-bond acceptors (Lipinski definition) is 5. The average Bonchev–Trinajstić information content (AvgIpc) is 3.19. The molecule has 0 aromatic heterocycles. The van der Waals surface area contributed by atoms with Crippen molar-refractivity contribution < 1.29 is 27.9 Å². The molecule has 9 heteroatoms. The molecular formula is C30H34N2O6S. The number of unbranched alkanes of at least 4 members (excludes halogenated alkanes) is 1. The van der Waals surface area contributed by atoms with Crippen LogP contribution in [0.5, 0.6) is 0 Å². The van der Waals surface area contributed by atoms with Crippen LogP contribution in [0.4, 0.5) is 4.79 Å². The monoisotopic (exact) mass is 550 g/mol. The molecular weight excluding hydrogens is 516 g/mol. The van der Waals surface area contributed by atoms with E-state index in [1.165, 1.54) is 0 Å². The molecule has 0 bridgehead atoms. The quantitative estimate of drug-likeness (QED) is 0.287. The molecule has 0 unspecified atom stereocenters. The van der Waals surface area contributed by atoms with Crippen molar-refractivity contribution in [3.63, 3.8) is 0 Å². The summed E-state index contributed by atoms with van der Waals surface area (Å²) < 4.78 is 33.7. The number of hydrogen-bond donors (Lipinski definition) is 3. The van der Waals surface area contributed by atoms with E-state index in [0.29, 0.717) is 24.0 Å². The number of fused-ring (bicyclic) bond motifs is 3. The second kappa shape index (κ2) is 12.0. The van der Waals surface area contributed by atoms with Gasteiger partial charge in [-0.25, -0.2) is 22.7 Å². The molecule has 0 radical (unpaired) electrons. The lowest BCUT2D eigenvalue weighted by atomic mass is 9.98. The third-order valence-corrected chi connectivity index (χ3v) is 8.78. The average molecular weight is 551 g/mol. The molecule has 0 spiro atoms. The third kappa shape index (κ3) is 6.49. The van der Waals surface area contributed by atoms with Gasteiger partial charge in [0.2, 0.25) is 10.0 Å². The Bertz CT molecular complexity index is 1420. The largest absolute Gasteiger partial charge is 0.480 e. The zero-order valence-electron chi connectivity index (χ0n) is 22.4. The minimum Gasteiger partial charge on any atom is -0.480 e. The summed E-state index contributed by atoms with van der Waals surface area (Å²) in [6, 6.07) is 18.4. The van der Waals surface area contributed by atoms with E-state index >= 15 is 0 Å². The molecule has 3 aromatic rings. The van der Waals surface area contributed by atoms with Crippen LogP contribution in [0.15, 0.2) is 65.6 Å². The van der Waals surface area contributed by atoms with E-state index in [0.717, 1.165) is 27.8 Å². The highest BCUT2D eigenvalue weighted by molar-refractivity contribution is 7.89. The van der Waals surface area contributed by atoms with Gasteiger partial charge in [0, 0.05) is 12.5 Å². The number of carbonyl (C=O) groups excluding carboxylic acids is 1. The van der Waals surface area contributed by atoms with E-state index in [1.54, 1.807) is 13.8 Å². The Labute approximate surface area is 229 Å². The van der Waals surface area contributed by atoms with Gasteiger partial charge >= 0.3 is 12.1 Å². The van der Waals surface area contributed by atoms with Gasteiger partial charge in [-0.1, -0.05) is 66.2 Å². The molecule has 1 aliphatic carbocycles. The number of amides is 1. The topological polar surface area (TPSA) is 122 Å². The summed E-state index contributed by atoms with van der Waals surface area (Å²) in [7, 11) is -3.69. The molecule has 4 rings (SSSR count). The maximum Gasteiger partial charge on any atom is 0.407 e. The summed E-state index contributed by atoms with van der Waals surface area (Å²) in [5.74, 6) is -1.30. The van der Waals surface area contributed by atoms with Crippen LogP contribution < -0.4 is 10.0 Å². The first-order chi connectivity index (χ1) is 18.6. The number of carboxylic acid groups (broad SMARTS) is 1. The van der Waals surface area contributed by atoms with Gasteiger partial charge in [0.15, 0.2) is 0 Å². The molecule has 0 saturated heterocycles. The van der Waals surface area contributed by atoms with Crippen molar-refractivity contribution in [3.8, 4) is 11.1 Å². The molecule has 0 heterocycles. The standard InChI is InChI=1S/C30H34N2O6S/c1-19-16-20(2)28(21(3)17-19)39(36,37)31-15-9-8-14-27(29(33)34)32-30(35)38-18-26-24-12-6-4-10-22(24)23-11-5-7-13-25(23)26/h4-7,10-13,16-17,26-27,31H,8-9,14-15,18H2,1-3H3,(H,32,35)(H,33,34)/t27-/m0/s1. The maximum absolute atomic E-state index is 12.8. The van der Waals surface area contributed by atoms with E-state index < -0.39 is 28.1 Å². The second-order valence-corrected chi connectivity index (χ2v) is 11.7. The van der Waals surface area contributed by atoms with Crippen molar-refractivity contribution in [2.45, 2.75) is 56.9 Å². The molecule has 0 saturated carbocycles. The van der Waals surface area contributed by atoms with Crippen molar-refractivity contribution in [3.05, 3.63) is 88.5 Å². The number of rotatable bonds is 11. The first kappa shape index (κ1) is 28.3. The normalized spacial score (nSPS) is 13.4. The van der Waals surface area contributed by atoms with Crippen LogP contribution >= 0.6 is 0 Å². The highest BCUT2D eigenvalue weighted by atomic mass is 32.2. The minimum atomic E-state index is -3.69. The molecule has 8 nitrogen and oxygen atoms in total. The number of carboxylic acids is 1. The van der Waals surface area contributed by atoms with Gasteiger partial charge in [-0.15, -0.1) is 0 Å². The summed E-state index contributed by atoms with van der Waals surface area (Å²) in [5, 5.41) is 12.0. The van der Waals surface area contributed by atoms with E-state index in [9.17, 15) is 23.1 Å². The number of carbonyl (C=O) groups is 2. The highest BCUT2D eigenvalue weighted by Crippen LogP contribution is 2.44. The van der Waals surface area contributed by atoms with Gasteiger partial charge in [-0.2, -0.15) is 0 Å². The summed E-state index contributed by atoms with van der Waals surface area (Å²) >= 11 is 0. The molecule has 0 fully saturated rings. The number of sulfonamides is 1. The SMILES string of the molecule is Cc1cc(C)c(S(=O)(=O)NCCCC[C@H](NC(=O)OCC2c3ccccc3-c3ccccc32)C(=O)O)c(C)c1. The molecule has 206 valence electrons. The van der Waals surface area contributed by atoms with Gasteiger partial charge in [-0.3, -0.25) is 0 Å². The molecule has 39 heavy (non-hydrogen) atoms. The molecule has 1 atom stereocenters. The van der Waals surface area contributed by atoms with Crippen molar-refractivity contribution >= 4 is 22.1 Å². The number of aliphatic carboxylic acids is 1. The second-order valence-electron chi connectivity index (χ2n) is 9.98. The lowest BCUT2D eigenvalue weighted by Gasteiger charge is -2.17. The predicted octanol–water partition coefficient (Wildman–Crippen LogP) is 5.05. The fourth-order valence-electron chi connectivity index (χ4n) is 5.38. The van der Waals surface area contributed by atoms with Gasteiger partial charge in [0.05, 0.1) is 4.90 Å². The Kier molecular flexibility index (Phi) is 8.72. The van der Waals surface area contributed by atoms with Crippen molar-refractivity contribution in [1.82, 2.24) is 10.0 Å². The van der Waals surface area contributed by atoms with Crippen molar-refractivity contribution in [2.75, 3.05) is 13.2 Å². The zero-order valence-corrected chi connectivity index (χ0v) is 23.2. The third-order valence-electron chi connectivity index (χ3n) is 7.02. The number of ether oxygens (including phenoxy) is 1. The fraction of sp³-hybridized carbons (Fsp3) is 0.333. The number of benzene rings is 3. The van der Waals surface area contributed by atoms with Crippen LogP contribution in [0.3, 0.4) is 0 Å². The van der Waals surface area contributed by atoms with Gasteiger partial charge in [0.1, 0.15) is 12.6 Å². The van der Waals surface area contributed by atoms with E-state index in [1.807, 2.05) is 67.6 Å². The van der Waals surface area contributed by atoms with Gasteiger partial charge in [0.25, 0.3) is 0 Å². The van der Waals surface area contributed by atoms with Crippen LogP contribution in [-0.4, -0.2) is 44.8 Å². The molecule has 3 aromatic carbocycles. The predicted molar refractivity (Wildman–Crippen MR) is 149 cm³/mol. The Morgan fingerprint density at radius 2 is 1.49 bits per heavy atom. The first-order valence-corrected chi connectivity index (χ1v) is 14.5. The molecule has 0 aliphatic heterocycles. The molecule has 3 N–H and O–H groups in total. The van der Waals surface area contributed by atoms with Crippen LogP contribution in [0.2, 0.25) is 0 Å². The summed E-state index contributed by atoms with van der Waals surface area (Å²) in [5.41, 5.74) is 6.70. The first-order valence-electron chi connectivity index (χ1n) is 13.0. The fourth-order valence-corrected chi connectivity index (χ4v) is 6.91. The number of nitrogens with one attached hydrogen (secondary N) is 2. The van der Waals surface area contributed by atoms with Crippen molar-refractivity contribution in [1.29, 1.82) is 0 Å². The van der Waals surface area contributed by atoms with E-state index in [2.05, 4.69) is 10.0 Å². The smallest absolute Gasteiger partial charge is 0.407 e. The Morgan fingerprint density at radius 1 is 0.923 bits per heavy atom.